The van der Waals surface area contributed by atoms with Gasteiger partial charge in [-0.05, 0) is 54.6 Å². The number of hydrogen-bond acceptors (Lipinski definition) is 4. The van der Waals surface area contributed by atoms with Crippen LogP contribution < -0.4 is 14.8 Å². The van der Waals surface area contributed by atoms with Crippen molar-refractivity contribution in [3.8, 4) is 17.2 Å². The van der Waals surface area contributed by atoms with Crippen LogP contribution in [0.25, 0.3) is 5.69 Å². The molecule has 0 atom stereocenters. The Kier molecular flexibility index (Phi) is 10.3. The summed E-state index contributed by atoms with van der Waals surface area (Å²) in [6, 6.07) is 15.7. The maximum atomic E-state index is 13.1. The van der Waals surface area contributed by atoms with E-state index in [0.717, 1.165) is 35.3 Å². The lowest BCUT2D eigenvalue weighted by Crippen LogP contribution is -2.41. The van der Waals surface area contributed by atoms with Crippen LogP contribution >= 0.6 is 24.0 Å². The number of likely N-dealkylation sites (N-methyl/N-ethyl adjacent to an activating group) is 1. The number of rotatable bonds is 9. The Bertz CT molecular complexity index is 977. The SMILES string of the molecule is CN=C(NCCc1ccn(-c2ccc(F)cc2)n1)N(C)CCOc1ccc(OC)cc1.I. The van der Waals surface area contributed by atoms with E-state index in [0.29, 0.717) is 19.7 Å². The summed E-state index contributed by atoms with van der Waals surface area (Å²) < 4.78 is 25.7. The first kappa shape index (κ1) is 25.4. The Hall–Kier alpha value is -2.82. The van der Waals surface area contributed by atoms with Gasteiger partial charge in [-0.25, -0.2) is 9.07 Å². The number of methoxy groups -OCH3 is 1. The Balaban J connectivity index is 0.00000363. The van der Waals surface area contributed by atoms with Crippen LogP contribution in [0.15, 0.2) is 65.8 Å². The largest absolute Gasteiger partial charge is 0.497 e. The van der Waals surface area contributed by atoms with E-state index in [2.05, 4.69) is 15.4 Å². The average Bonchev–Trinajstić information content (AvgIpc) is 3.26. The Morgan fingerprint density at radius 2 is 1.78 bits per heavy atom. The predicted molar refractivity (Wildman–Crippen MR) is 135 cm³/mol. The lowest BCUT2D eigenvalue weighted by molar-refractivity contribution is 0.281. The van der Waals surface area contributed by atoms with Gasteiger partial charge in [0.2, 0.25) is 0 Å². The molecule has 3 rings (SSSR count). The van der Waals surface area contributed by atoms with E-state index >= 15 is 0 Å². The van der Waals surface area contributed by atoms with Crippen LogP contribution in [0.2, 0.25) is 0 Å². The van der Waals surface area contributed by atoms with Gasteiger partial charge in [0.15, 0.2) is 5.96 Å². The van der Waals surface area contributed by atoms with Crippen LogP contribution in [-0.2, 0) is 6.42 Å². The average molecular weight is 553 g/mol. The second kappa shape index (κ2) is 12.9. The normalized spacial score (nSPS) is 10.9. The van der Waals surface area contributed by atoms with E-state index in [1.807, 2.05) is 48.5 Å². The highest BCUT2D eigenvalue weighted by Crippen LogP contribution is 2.16. The summed E-state index contributed by atoms with van der Waals surface area (Å²) in [7, 11) is 5.36. The maximum absolute atomic E-state index is 13.1. The minimum absolute atomic E-state index is 0. The van der Waals surface area contributed by atoms with E-state index in [1.54, 1.807) is 31.0 Å². The maximum Gasteiger partial charge on any atom is 0.193 e. The summed E-state index contributed by atoms with van der Waals surface area (Å²) >= 11 is 0. The molecule has 1 aromatic heterocycles. The fourth-order valence-electron chi connectivity index (χ4n) is 3.00. The smallest absolute Gasteiger partial charge is 0.193 e. The van der Waals surface area contributed by atoms with Crippen molar-refractivity contribution >= 4 is 29.9 Å². The van der Waals surface area contributed by atoms with E-state index in [9.17, 15) is 4.39 Å². The van der Waals surface area contributed by atoms with Crippen LogP contribution in [0.1, 0.15) is 5.69 Å². The number of aliphatic imine (C=N–C) groups is 1. The van der Waals surface area contributed by atoms with Gasteiger partial charge >= 0.3 is 0 Å². The van der Waals surface area contributed by atoms with E-state index < -0.39 is 0 Å². The Morgan fingerprint density at radius 1 is 1.09 bits per heavy atom. The molecule has 0 aliphatic rings. The van der Waals surface area contributed by atoms with Crippen molar-refractivity contribution in [2.45, 2.75) is 6.42 Å². The van der Waals surface area contributed by atoms with Crippen LogP contribution in [0.3, 0.4) is 0 Å². The topological polar surface area (TPSA) is 63.9 Å². The highest BCUT2D eigenvalue weighted by molar-refractivity contribution is 14.0. The molecule has 0 fully saturated rings. The van der Waals surface area contributed by atoms with Gasteiger partial charge < -0.3 is 19.7 Å². The second-order valence-corrected chi connectivity index (χ2v) is 6.90. The summed E-state index contributed by atoms with van der Waals surface area (Å²) in [5.41, 5.74) is 1.77. The number of ether oxygens (including phenoxy) is 2. The summed E-state index contributed by atoms with van der Waals surface area (Å²) in [5, 5.41) is 7.89. The number of aromatic nitrogens is 2. The van der Waals surface area contributed by atoms with Gasteiger partial charge in [0.1, 0.15) is 23.9 Å². The van der Waals surface area contributed by atoms with Gasteiger partial charge in [0.05, 0.1) is 25.0 Å². The fourth-order valence-corrected chi connectivity index (χ4v) is 3.00. The molecule has 1 heterocycles. The molecule has 3 aromatic rings. The highest BCUT2D eigenvalue weighted by atomic mass is 127. The first-order valence-electron chi connectivity index (χ1n) is 10.1. The quantitative estimate of drug-likeness (QED) is 0.249. The summed E-state index contributed by atoms with van der Waals surface area (Å²) in [6.07, 6.45) is 2.61. The van der Waals surface area contributed by atoms with Crippen LogP contribution in [0.4, 0.5) is 4.39 Å². The lowest BCUT2D eigenvalue weighted by Gasteiger charge is -2.22. The molecule has 0 unspecified atom stereocenters. The first-order valence-corrected chi connectivity index (χ1v) is 10.1. The third kappa shape index (κ3) is 7.40. The molecule has 9 heteroatoms. The lowest BCUT2D eigenvalue weighted by atomic mass is 10.3. The molecule has 0 aliphatic heterocycles. The number of benzene rings is 2. The zero-order chi connectivity index (χ0) is 22.1. The number of hydrogen-bond donors (Lipinski definition) is 1. The number of halogens is 2. The Morgan fingerprint density at radius 3 is 2.44 bits per heavy atom. The van der Waals surface area contributed by atoms with E-state index in [1.165, 1.54) is 12.1 Å². The highest BCUT2D eigenvalue weighted by Gasteiger charge is 2.07. The zero-order valence-electron chi connectivity index (χ0n) is 18.5. The molecule has 0 amide bonds. The second-order valence-electron chi connectivity index (χ2n) is 6.90. The molecule has 1 N–H and O–H groups in total. The molecule has 32 heavy (non-hydrogen) atoms. The van der Waals surface area contributed by atoms with Crippen molar-refractivity contribution in [1.29, 1.82) is 0 Å². The fraction of sp³-hybridized carbons (Fsp3) is 0.304. The molecule has 0 saturated carbocycles. The first-order chi connectivity index (χ1) is 15.1. The van der Waals surface area contributed by atoms with Gasteiger partial charge in [0, 0.05) is 33.3 Å². The standard InChI is InChI=1S/C23H28FN5O2.HI/c1-25-23(28(2)16-17-31-22-10-8-21(30-3)9-11-22)26-14-12-19-13-15-29(27-19)20-6-4-18(24)5-7-20;/h4-11,13,15H,12,14,16-17H2,1-3H3,(H,25,26);1H. The van der Waals surface area contributed by atoms with E-state index in [4.69, 9.17) is 9.47 Å². The summed E-state index contributed by atoms with van der Waals surface area (Å²) in [4.78, 5) is 6.34. The third-order valence-corrected chi connectivity index (χ3v) is 4.73. The van der Waals surface area contributed by atoms with Crippen molar-refractivity contribution < 1.29 is 13.9 Å². The predicted octanol–water partition coefficient (Wildman–Crippen LogP) is 3.77. The molecule has 0 bridgehead atoms. The minimum Gasteiger partial charge on any atom is -0.497 e. The molecule has 0 saturated heterocycles. The molecule has 172 valence electrons. The van der Waals surface area contributed by atoms with Gasteiger partial charge in [-0.3, -0.25) is 4.99 Å². The monoisotopic (exact) mass is 553 g/mol. The van der Waals surface area contributed by atoms with Crippen LogP contribution in [0.5, 0.6) is 11.5 Å². The number of nitrogens with zero attached hydrogens (tertiary/aromatic N) is 4. The van der Waals surface area contributed by atoms with Crippen molar-refractivity contribution in [2.24, 2.45) is 4.99 Å². The number of nitrogens with one attached hydrogen (secondary N) is 1. The summed E-state index contributed by atoms with van der Waals surface area (Å²) in [5.74, 6) is 2.13. The molecule has 0 radical (unpaired) electrons. The van der Waals surface area contributed by atoms with Gasteiger partial charge in [0.25, 0.3) is 0 Å². The molecule has 7 nitrogen and oxygen atoms in total. The van der Waals surface area contributed by atoms with Gasteiger partial charge in [-0.2, -0.15) is 5.10 Å². The van der Waals surface area contributed by atoms with Gasteiger partial charge in [-0.1, -0.05) is 0 Å². The molecule has 2 aromatic carbocycles. The molecule has 0 spiro atoms. The Labute approximate surface area is 205 Å². The minimum atomic E-state index is -0.259. The van der Waals surface area contributed by atoms with Crippen LogP contribution in [-0.4, -0.2) is 61.5 Å². The summed E-state index contributed by atoms with van der Waals surface area (Å²) in [6.45, 7) is 1.91. The van der Waals surface area contributed by atoms with Crippen molar-refractivity contribution in [3.05, 3.63) is 72.3 Å². The molecular formula is C23H29FIN5O2. The zero-order valence-corrected chi connectivity index (χ0v) is 20.8. The van der Waals surface area contributed by atoms with Crippen molar-refractivity contribution in [2.75, 3.05) is 40.9 Å². The van der Waals surface area contributed by atoms with Crippen molar-refractivity contribution in [3.63, 3.8) is 0 Å². The van der Waals surface area contributed by atoms with Gasteiger partial charge in [-0.15, -0.1) is 24.0 Å². The third-order valence-electron chi connectivity index (χ3n) is 4.73. The molecular weight excluding hydrogens is 524 g/mol. The van der Waals surface area contributed by atoms with E-state index in [-0.39, 0.29) is 29.8 Å². The molecule has 0 aliphatic carbocycles. The van der Waals surface area contributed by atoms with Crippen LogP contribution in [0, 0.1) is 5.82 Å². The van der Waals surface area contributed by atoms with Crippen molar-refractivity contribution in [1.82, 2.24) is 20.0 Å². The number of guanidine groups is 1.